The zero-order valence-electron chi connectivity index (χ0n) is 35.1. The number of fused-ring (bicyclic) bond motifs is 6. The second-order valence-corrected chi connectivity index (χ2v) is 18.2. The molecule has 290 valence electrons. The van der Waals surface area contributed by atoms with Gasteiger partial charge in [0.1, 0.15) is 11.7 Å². The summed E-state index contributed by atoms with van der Waals surface area (Å²) >= 11 is 0. The predicted molar refractivity (Wildman–Crippen MR) is 244 cm³/mol. The summed E-state index contributed by atoms with van der Waals surface area (Å²) in [6.45, 7) is 22.1. The van der Waals surface area contributed by atoms with Gasteiger partial charge in [-0.15, -0.1) is 0 Å². The molecule has 0 spiro atoms. The Balaban J connectivity index is 1.08. The van der Waals surface area contributed by atoms with E-state index in [0.29, 0.717) is 0 Å². The lowest BCUT2D eigenvalue weighted by atomic mass is 9.83. The van der Waals surface area contributed by atoms with Crippen molar-refractivity contribution in [1.82, 2.24) is 19.1 Å². The molecule has 8 aromatic rings. The molecule has 0 amide bonds. The van der Waals surface area contributed by atoms with E-state index < -0.39 is 0 Å². The average Bonchev–Trinajstić information content (AvgIpc) is 3.80. The molecule has 4 aromatic carbocycles. The molecule has 0 N–H and O–H groups in total. The number of aromatic nitrogens is 4. The van der Waals surface area contributed by atoms with Crippen molar-refractivity contribution in [2.45, 2.75) is 91.4 Å². The summed E-state index contributed by atoms with van der Waals surface area (Å²) in [5, 5.41) is 4.83. The summed E-state index contributed by atoms with van der Waals surface area (Å²) in [7, 11) is 0. The Bertz CT molecular complexity index is 2850. The zero-order chi connectivity index (χ0) is 40.5. The van der Waals surface area contributed by atoms with Gasteiger partial charge in [-0.05, 0) is 129 Å². The van der Waals surface area contributed by atoms with Crippen molar-refractivity contribution in [2.24, 2.45) is 9.98 Å². The Morgan fingerprint density at radius 2 is 0.759 bits per heavy atom. The lowest BCUT2D eigenvalue weighted by Crippen LogP contribution is -2.53. The van der Waals surface area contributed by atoms with Crippen LogP contribution < -0.4 is 9.80 Å². The van der Waals surface area contributed by atoms with Gasteiger partial charge in [0, 0.05) is 21.5 Å². The highest BCUT2D eigenvalue weighted by atomic mass is 15.3. The lowest BCUT2D eigenvalue weighted by molar-refractivity contribution is 0.338. The van der Waals surface area contributed by atoms with Gasteiger partial charge in [-0.2, -0.15) is 0 Å². The van der Waals surface area contributed by atoms with E-state index in [1.54, 1.807) is 0 Å². The number of anilines is 2. The van der Waals surface area contributed by atoms with Gasteiger partial charge in [-0.25, -0.2) is 0 Å². The first-order valence-corrected chi connectivity index (χ1v) is 20.3. The number of amidine groups is 2. The number of nitrogens with zero attached hydrogens (tertiary/aromatic N) is 8. The fourth-order valence-corrected chi connectivity index (χ4v) is 9.74. The van der Waals surface area contributed by atoms with Crippen LogP contribution in [-0.2, 0) is 0 Å². The third kappa shape index (κ3) is 4.99. The van der Waals surface area contributed by atoms with Gasteiger partial charge in [0.05, 0.1) is 91.8 Å². The average molecular weight is 763 g/mol. The summed E-state index contributed by atoms with van der Waals surface area (Å²) in [5.41, 5.74) is 10.2. The van der Waals surface area contributed by atoms with Gasteiger partial charge < -0.3 is 18.9 Å². The molecule has 0 saturated heterocycles. The van der Waals surface area contributed by atoms with Crippen molar-refractivity contribution in [2.75, 3.05) is 9.80 Å². The zero-order valence-corrected chi connectivity index (χ0v) is 35.1. The highest BCUT2D eigenvalue weighted by molar-refractivity contribution is 6.13. The highest BCUT2D eigenvalue weighted by Crippen LogP contribution is 2.44. The van der Waals surface area contributed by atoms with Crippen LogP contribution >= 0.6 is 0 Å². The van der Waals surface area contributed by atoms with Crippen molar-refractivity contribution in [3.05, 3.63) is 122 Å². The third-order valence-electron chi connectivity index (χ3n) is 13.8. The van der Waals surface area contributed by atoms with Crippen LogP contribution in [0.25, 0.3) is 66.1 Å². The second-order valence-electron chi connectivity index (χ2n) is 18.2. The second kappa shape index (κ2) is 12.1. The topological polar surface area (TPSA) is 66.8 Å². The molecule has 0 unspecified atom stereocenters. The van der Waals surface area contributed by atoms with Gasteiger partial charge in [-0.3, -0.25) is 20.0 Å². The Morgan fingerprint density at radius 1 is 0.397 bits per heavy atom. The number of hydrogen-bond donors (Lipinski definition) is 0. The molecule has 0 bridgehead atoms. The number of rotatable bonds is 5. The summed E-state index contributed by atoms with van der Waals surface area (Å²) in [5.74, 6) is 2.01. The molecular weight excluding hydrogens is 713 g/mol. The molecule has 58 heavy (non-hydrogen) atoms. The number of pyridine rings is 2. The summed E-state index contributed by atoms with van der Waals surface area (Å²) in [6, 6.07) is 35.7. The van der Waals surface area contributed by atoms with E-state index in [2.05, 4.69) is 185 Å². The van der Waals surface area contributed by atoms with Crippen LogP contribution in [0.4, 0.5) is 11.4 Å². The van der Waals surface area contributed by atoms with Gasteiger partial charge in [0.15, 0.2) is 0 Å². The first-order valence-electron chi connectivity index (χ1n) is 20.3. The maximum Gasteiger partial charge on any atom is 0.102 e. The summed E-state index contributed by atoms with van der Waals surface area (Å²) < 4.78 is 4.70. The molecule has 0 aliphatic carbocycles. The minimum Gasteiger partial charge on any atom is -0.321 e. The van der Waals surface area contributed by atoms with E-state index in [1.165, 1.54) is 32.7 Å². The number of para-hydroxylation sites is 2. The maximum atomic E-state index is 5.04. The molecule has 2 aliphatic heterocycles. The van der Waals surface area contributed by atoms with Gasteiger partial charge in [0.2, 0.25) is 0 Å². The molecule has 0 saturated carbocycles. The van der Waals surface area contributed by atoms with Gasteiger partial charge >= 0.3 is 0 Å². The van der Waals surface area contributed by atoms with E-state index in [1.807, 2.05) is 24.8 Å². The smallest absolute Gasteiger partial charge is 0.102 e. The van der Waals surface area contributed by atoms with Crippen LogP contribution in [0, 0.1) is 0 Å². The SMILES string of the molecule is CC1=NC(C)(C)C(C)(C)N1c1cncc(-n2c3ccccc3c3cc(-c4ccc5c(c4)c4ccccc4n5-c4cncc(N5C(C)=NC(C)(C)C5(C)C)c4)ccc32)c1. The van der Waals surface area contributed by atoms with Crippen molar-refractivity contribution in [1.29, 1.82) is 0 Å². The van der Waals surface area contributed by atoms with Crippen molar-refractivity contribution >= 4 is 66.7 Å². The maximum absolute atomic E-state index is 5.04. The van der Waals surface area contributed by atoms with Gasteiger partial charge in [-0.1, -0.05) is 48.5 Å². The van der Waals surface area contributed by atoms with Crippen LogP contribution in [0.15, 0.2) is 132 Å². The first-order chi connectivity index (χ1) is 27.6. The van der Waals surface area contributed by atoms with E-state index >= 15 is 0 Å². The largest absolute Gasteiger partial charge is 0.321 e. The quantitative estimate of drug-likeness (QED) is 0.175. The van der Waals surface area contributed by atoms with E-state index in [9.17, 15) is 0 Å². The van der Waals surface area contributed by atoms with E-state index in [-0.39, 0.29) is 22.2 Å². The van der Waals surface area contributed by atoms with Crippen molar-refractivity contribution in [3.8, 4) is 22.5 Å². The first kappa shape index (κ1) is 36.1. The Kier molecular flexibility index (Phi) is 7.54. The van der Waals surface area contributed by atoms with E-state index in [0.717, 1.165) is 56.5 Å². The van der Waals surface area contributed by atoms with Crippen LogP contribution in [0.2, 0.25) is 0 Å². The van der Waals surface area contributed by atoms with Crippen molar-refractivity contribution in [3.63, 3.8) is 0 Å². The molecule has 8 heteroatoms. The minimum absolute atomic E-state index is 0.210. The number of aliphatic imine (C=N–C) groups is 2. The molecular formula is C50H50N8. The molecule has 4 aromatic heterocycles. The van der Waals surface area contributed by atoms with E-state index in [4.69, 9.17) is 20.0 Å². The normalized spacial score (nSPS) is 18.2. The molecule has 0 fully saturated rings. The molecule has 6 heterocycles. The lowest BCUT2D eigenvalue weighted by Gasteiger charge is -2.41. The Hall–Kier alpha value is -6.28. The van der Waals surface area contributed by atoms with Crippen LogP contribution in [-0.4, -0.2) is 52.9 Å². The predicted octanol–water partition coefficient (Wildman–Crippen LogP) is 11.9. The fraction of sp³-hybridized carbons (Fsp3) is 0.280. The monoisotopic (exact) mass is 762 g/mol. The molecule has 0 atom stereocenters. The fourth-order valence-electron chi connectivity index (χ4n) is 9.74. The Morgan fingerprint density at radius 3 is 1.14 bits per heavy atom. The molecule has 2 aliphatic rings. The highest BCUT2D eigenvalue weighted by Gasteiger charge is 2.49. The third-order valence-corrected chi connectivity index (χ3v) is 13.8. The van der Waals surface area contributed by atoms with Crippen LogP contribution in [0.1, 0.15) is 69.2 Å². The summed E-state index contributed by atoms with van der Waals surface area (Å²) in [6.07, 6.45) is 7.87. The van der Waals surface area contributed by atoms with Crippen LogP contribution in [0.5, 0.6) is 0 Å². The van der Waals surface area contributed by atoms with Crippen molar-refractivity contribution < 1.29 is 0 Å². The molecule has 8 nitrogen and oxygen atoms in total. The molecule has 10 rings (SSSR count). The number of hydrogen-bond acceptors (Lipinski definition) is 6. The number of benzene rings is 4. The van der Waals surface area contributed by atoms with Crippen LogP contribution in [0.3, 0.4) is 0 Å². The van der Waals surface area contributed by atoms with Gasteiger partial charge in [0.25, 0.3) is 0 Å². The minimum atomic E-state index is -0.228. The summed E-state index contributed by atoms with van der Waals surface area (Å²) in [4.78, 5) is 24.3. The Labute approximate surface area is 340 Å². The standard InChI is InChI=1S/C50H50N8/c1-31-53-47(3,4)49(7,8)57(31)37-25-35(27-51-29-37)55-43-17-13-11-15-39(43)41-23-33(19-21-45(41)55)34-20-22-46-42(24-34)40-16-12-14-18-44(40)56(46)36-26-38(30-52-28-36)58-32(2)54-48(5,6)50(58,9)10/h11-30H,1-10H3. The molecule has 0 radical (unpaired) electrons.